The van der Waals surface area contributed by atoms with Gasteiger partial charge < -0.3 is 15.5 Å². The number of amides is 1. The number of oxime groups is 1. The minimum absolute atomic E-state index is 0.0105. The van der Waals surface area contributed by atoms with Crippen LogP contribution in [-0.4, -0.2) is 42.4 Å². The molecule has 2 aromatic rings. The Bertz CT molecular complexity index is 845. The predicted molar refractivity (Wildman–Crippen MR) is 121 cm³/mol. The average Bonchev–Trinajstić information content (AvgIpc) is 2.75. The van der Waals surface area contributed by atoms with Crippen molar-refractivity contribution in [2.75, 3.05) is 24.6 Å². The molecule has 1 fully saturated rings. The zero-order valence-corrected chi connectivity index (χ0v) is 18.0. The third-order valence-corrected chi connectivity index (χ3v) is 5.25. The van der Waals surface area contributed by atoms with Crippen molar-refractivity contribution < 1.29 is 9.63 Å². The van der Waals surface area contributed by atoms with Crippen molar-refractivity contribution in [1.29, 1.82) is 0 Å². The first-order chi connectivity index (χ1) is 14.5. The highest BCUT2D eigenvalue weighted by atomic mass is 16.6. The van der Waals surface area contributed by atoms with Gasteiger partial charge in [0.15, 0.2) is 12.4 Å². The Morgan fingerprint density at radius 1 is 1.10 bits per heavy atom. The zero-order chi connectivity index (χ0) is 21.3. The Balaban J connectivity index is 1.59. The second kappa shape index (κ2) is 10.8. The van der Waals surface area contributed by atoms with Gasteiger partial charge in [-0.3, -0.25) is 9.69 Å². The number of likely N-dealkylation sites (tertiary alicyclic amines) is 1. The number of carbonyl (C=O) groups excluding carboxylic acids is 1. The van der Waals surface area contributed by atoms with Crippen LogP contribution < -0.4 is 10.6 Å². The van der Waals surface area contributed by atoms with Gasteiger partial charge >= 0.3 is 0 Å². The molecule has 0 radical (unpaired) electrons. The van der Waals surface area contributed by atoms with E-state index < -0.39 is 0 Å². The molecule has 6 heteroatoms. The number of para-hydroxylation sites is 1. The molecule has 2 aromatic carbocycles. The summed E-state index contributed by atoms with van der Waals surface area (Å²) in [6, 6.07) is 17.6. The van der Waals surface area contributed by atoms with Crippen molar-refractivity contribution in [3.8, 4) is 0 Å². The van der Waals surface area contributed by atoms with E-state index in [-0.39, 0.29) is 24.4 Å². The second-order valence-corrected chi connectivity index (χ2v) is 7.98. The summed E-state index contributed by atoms with van der Waals surface area (Å²) in [5.41, 5.74) is 8.97. The summed E-state index contributed by atoms with van der Waals surface area (Å²) in [4.78, 5) is 22.1. The summed E-state index contributed by atoms with van der Waals surface area (Å²) < 4.78 is 0. The SMILES string of the molecule is CC(C)N(C(=O)CON=C(N)c1cccc(CN2CCCCC2)c1)c1ccccc1. The van der Waals surface area contributed by atoms with E-state index in [4.69, 9.17) is 10.6 Å². The number of benzene rings is 2. The first-order valence-corrected chi connectivity index (χ1v) is 10.7. The molecule has 0 saturated carbocycles. The maximum Gasteiger partial charge on any atom is 0.267 e. The summed E-state index contributed by atoms with van der Waals surface area (Å²) in [6.45, 7) is 6.98. The highest BCUT2D eigenvalue weighted by molar-refractivity contribution is 5.97. The lowest BCUT2D eigenvalue weighted by molar-refractivity contribution is -0.123. The molecule has 6 nitrogen and oxygen atoms in total. The molecule has 2 N–H and O–H groups in total. The third-order valence-electron chi connectivity index (χ3n) is 5.25. The van der Waals surface area contributed by atoms with Crippen LogP contribution in [0.15, 0.2) is 59.8 Å². The minimum atomic E-state index is -0.165. The largest absolute Gasteiger partial charge is 0.384 e. The van der Waals surface area contributed by atoms with Gasteiger partial charge in [-0.15, -0.1) is 0 Å². The Morgan fingerprint density at radius 3 is 2.53 bits per heavy atom. The van der Waals surface area contributed by atoms with Crippen LogP contribution in [0, 0.1) is 0 Å². The summed E-state index contributed by atoms with van der Waals surface area (Å²) in [7, 11) is 0. The normalized spacial score (nSPS) is 15.2. The Morgan fingerprint density at radius 2 is 1.83 bits per heavy atom. The van der Waals surface area contributed by atoms with Crippen LogP contribution in [0.3, 0.4) is 0 Å². The number of rotatable bonds is 8. The number of amidine groups is 1. The molecule has 1 amide bonds. The molecule has 0 aliphatic carbocycles. The fraction of sp³-hybridized carbons (Fsp3) is 0.417. The smallest absolute Gasteiger partial charge is 0.267 e. The molecule has 1 saturated heterocycles. The van der Waals surface area contributed by atoms with E-state index in [0.717, 1.165) is 30.9 Å². The lowest BCUT2D eigenvalue weighted by atomic mass is 10.1. The van der Waals surface area contributed by atoms with Gasteiger partial charge in [0.2, 0.25) is 0 Å². The van der Waals surface area contributed by atoms with Gasteiger partial charge in [-0.2, -0.15) is 0 Å². The third kappa shape index (κ3) is 6.07. The summed E-state index contributed by atoms with van der Waals surface area (Å²) in [6.07, 6.45) is 3.85. The average molecular weight is 409 g/mol. The van der Waals surface area contributed by atoms with E-state index in [1.807, 2.05) is 62.4 Å². The number of hydrogen-bond acceptors (Lipinski definition) is 4. The van der Waals surface area contributed by atoms with E-state index in [2.05, 4.69) is 16.1 Å². The zero-order valence-electron chi connectivity index (χ0n) is 18.0. The van der Waals surface area contributed by atoms with Crippen LogP contribution in [0.1, 0.15) is 44.2 Å². The van der Waals surface area contributed by atoms with Crippen LogP contribution in [0.25, 0.3) is 0 Å². The predicted octanol–water partition coefficient (Wildman–Crippen LogP) is 3.75. The van der Waals surface area contributed by atoms with Crippen LogP contribution in [0.2, 0.25) is 0 Å². The Labute approximate surface area is 179 Å². The lowest BCUT2D eigenvalue weighted by Gasteiger charge is -2.26. The molecule has 0 spiro atoms. The number of nitrogens with zero attached hydrogens (tertiary/aromatic N) is 3. The molecular weight excluding hydrogens is 376 g/mol. The summed E-state index contributed by atoms with van der Waals surface area (Å²) >= 11 is 0. The van der Waals surface area contributed by atoms with Crippen molar-refractivity contribution in [3.05, 3.63) is 65.7 Å². The molecule has 1 aliphatic rings. The number of carbonyl (C=O) groups is 1. The summed E-state index contributed by atoms with van der Waals surface area (Å²) in [5, 5.41) is 3.99. The maximum atomic E-state index is 12.7. The maximum absolute atomic E-state index is 12.7. The number of nitrogens with two attached hydrogens (primary N) is 1. The molecule has 0 bridgehead atoms. The first-order valence-electron chi connectivity index (χ1n) is 10.7. The van der Waals surface area contributed by atoms with E-state index in [1.54, 1.807) is 4.90 Å². The van der Waals surface area contributed by atoms with Crippen molar-refractivity contribution in [2.45, 2.75) is 45.7 Å². The number of piperidine rings is 1. The minimum Gasteiger partial charge on any atom is -0.384 e. The molecule has 1 heterocycles. The van der Waals surface area contributed by atoms with Gasteiger partial charge in [0.05, 0.1) is 0 Å². The van der Waals surface area contributed by atoms with Crippen molar-refractivity contribution in [2.24, 2.45) is 10.9 Å². The van der Waals surface area contributed by atoms with Gasteiger partial charge in [0.25, 0.3) is 5.91 Å². The molecular formula is C24H32N4O2. The van der Waals surface area contributed by atoms with Crippen LogP contribution in [0.5, 0.6) is 0 Å². The highest BCUT2D eigenvalue weighted by Crippen LogP contribution is 2.17. The van der Waals surface area contributed by atoms with E-state index in [0.29, 0.717) is 0 Å². The van der Waals surface area contributed by atoms with E-state index in [9.17, 15) is 4.79 Å². The molecule has 1 aliphatic heterocycles. The van der Waals surface area contributed by atoms with Gasteiger partial charge in [-0.25, -0.2) is 0 Å². The van der Waals surface area contributed by atoms with Gasteiger partial charge in [0.1, 0.15) is 0 Å². The molecule has 30 heavy (non-hydrogen) atoms. The van der Waals surface area contributed by atoms with E-state index in [1.165, 1.54) is 24.8 Å². The van der Waals surface area contributed by atoms with Crippen LogP contribution in [-0.2, 0) is 16.2 Å². The summed E-state index contributed by atoms with van der Waals surface area (Å²) in [5.74, 6) is 0.116. The molecule has 3 rings (SSSR count). The highest BCUT2D eigenvalue weighted by Gasteiger charge is 2.19. The first kappa shape index (κ1) is 21.8. The number of anilines is 1. The fourth-order valence-electron chi connectivity index (χ4n) is 3.80. The second-order valence-electron chi connectivity index (χ2n) is 7.98. The van der Waals surface area contributed by atoms with Crippen molar-refractivity contribution in [1.82, 2.24) is 4.90 Å². The van der Waals surface area contributed by atoms with Gasteiger partial charge in [0, 0.05) is 23.8 Å². The fourth-order valence-corrected chi connectivity index (χ4v) is 3.80. The van der Waals surface area contributed by atoms with Crippen LogP contribution >= 0.6 is 0 Å². The van der Waals surface area contributed by atoms with Crippen molar-refractivity contribution >= 4 is 17.4 Å². The molecule has 160 valence electrons. The quantitative estimate of drug-likeness (QED) is 0.410. The molecule has 0 aromatic heterocycles. The Kier molecular flexibility index (Phi) is 7.85. The standard InChI is InChI=1S/C24H32N4O2/c1-19(2)28(22-12-5-3-6-13-22)23(29)18-30-26-24(25)21-11-9-10-20(16-21)17-27-14-7-4-8-15-27/h3,5-6,9-13,16,19H,4,7-8,14-15,17-18H2,1-2H3,(H2,25,26). The Hall–Kier alpha value is -2.86. The topological polar surface area (TPSA) is 71.2 Å². The lowest BCUT2D eigenvalue weighted by Crippen LogP contribution is -2.39. The van der Waals surface area contributed by atoms with Crippen LogP contribution in [0.4, 0.5) is 5.69 Å². The number of hydrogen-bond donors (Lipinski definition) is 1. The van der Waals surface area contributed by atoms with Crippen molar-refractivity contribution in [3.63, 3.8) is 0 Å². The monoisotopic (exact) mass is 408 g/mol. The molecule has 0 unspecified atom stereocenters. The van der Waals surface area contributed by atoms with Gasteiger partial charge in [-0.05, 0) is 63.5 Å². The molecule has 0 atom stereocenters. The van der Waals surface area contributed by atoms with E-state index >= 15 is 0 Å². The van der Waals surface area contributed by atoms with Gasteiger partial charge in [-0.1, -0.05) is 48.0 Å².